The van der Waals surface area contributed by atoms with Crippen LogP contribution >= 0.6 is 12.2 Å². The predicted octanol–water partition coefficient (Wildman–Crippen LogP) is 1.55. The maximum atomic E-state index is 5.57. The number of hydrogen-bond donors (Lipinski definition) is 2. The van der Waals surface area contributed by atoms with Gasteiger partial charge in [0.05, 0.1) is 13.2 Å². The van der Waals surface area contributed by atoms with Crippen LogP contribution in [0.3, 0.4) is 0 Å². The summed E-state index contributed by atoms with van der Waals surface area (Å²) in [7, 11) is 1.61. The van der Waals surface area contributed by atoms with Gasteiger partial charge in [-0.2, -0.15) is 9.97 Å². The Balaban J connectivity index is 1.61. The summed E-state index contributed by atoms with van der Waals surface area (Å²) < 4.78 is 10.8. The Labute approximate surface area is 141 Å². The highest BCUT2D eigenvalue weighted by atomic mass is 32.1. The van der Waals surface area contributed by atoms with Crippen LogP contribution in [0.25, 0.3) is 0 Å². The number of anilines is 2. The molecule has 8 heteroatoms. The van der Waals surface area contributed by atoms with Crippen molar-refractivity contribution in [2.45, 2.75) is 31.8 Å². The van der Waals surface area contributed by atoms with Gasteiger partial charge in [0.25, 0.3) is 0 Å². The Bertz CT molecular complexity index is 545. The van der Waals surface area contributed by atoms with E-state index in [0.717, 1.165) is 38.4 Å². The summed E-state index contributed by atoms with van der Waals surface area (Å²) in [4.78, 5) is 11.1. The number of hydrogen-bond acceptors (Lipinski definition) is 6. The molecule has 2 fully saturated rings. The number of ether oxygens (including phenoxy) is 2. The van der Waals surface area contributed by atoms with Gasteiger partial charge in [0.1, 0.15) is 5.82 Å². The zero-order chi connectivity index (χ0) is 16.1. The van der Waals surface area contributed by atoms with E-state index in [4.69, 9.17) is 21.7 Å². The summed E-state index contributed by atoms with van der Waals surface area (Å²) in [5.74, 6) is 1.86. The molecule has 23 heavy (non-hydrogen) atoms. The van der Waals surface area contributed by atoms with E-state index in [0.29, 0.717) is 23.5 Å². The maximum absolute atomic E-state index is 5.57. The molecule has 1 atom stereocenters. The lowest BCUT2D eigenvalue weighted by Crippen LogP contribution is -2.35. The molecule has 0 aliphatic carbocycles. The lowest BCUT2D eigenvalue weighted by atomic mass is 10.2. The molecular weight excluding hydrogens is 314 g/mol. The van der Waals surface area contributed by atoms with Crippen molar-refractivity contribution in [3.63, 3.8) is 0 Å². The molecule has 0 aromatic carbocycles. The van der Waals surface area contributed by atoms with Gasteiger partial charge in [-0.1, -0.05) is 0 Å². The van der Waals surface area contributed by atoms with Crippen LogP contribution in [0.15, 0.2) is 6.07 Å². The Hall–Kier alpha value is -1.67. The molecule has 0 bridgehead atoms. The average Bonchev–Trinajstić information content (AvgIpc) is 3.26. The highest BCUT2D eigenvalue weighted by Crippen LogP contribution is 2.23. The van der Waals surface area contributed by atoms with Crippen molar-refractivity contribution in [2.75, 3.05) is 43.6 Å². The minimum atomic E-state index is 0.237. The minimum absolute atomic E-state index is 0.237. The number of nitrogens with zero attached hydrogens (tertiary/aromatic N) is 3. The van der Waals surface area contributed by atoms with Crippen LogP contribution in [0.4, 0.5) is 11.8 Å². The van der Waals surface area contributed by atoms with E-state index in [9.17, 15) is 0 Å². The van der Waals surface area contributed by atoms with Crippen LogP contribution < -0.4 is 20.3 Å². The summed E-state index contributed by atoms with van der Waals surface area (Å²) in [6.07, 6.45) is 4.81. The van der Waals surface area contributed by atoms with Crippen LogP contribution in [-0.4, -0.2) is 54.5 Å². The molecular formula is C15H23N5O2S. The van der Waals surface area contributed by atoms with Crippen molar-refractivity contribution < 1.29 is 9.47 Å². The van der Waals surface area contributed by atoms with Crippen LogP contribution in [0.2, 0.25) is 0 Å². The molecule has 7 nitrogen and oxygen atoms in total. The van der Waals surface area contributed by atoms with Gasteiger partial charge < -0.3 is 25.0 Å². The quantitative estimate of drug-likeness (QED) is 0.784. The van der Waals surface area contributed by atoms with E-state index in [1.807, 2.05) is 6.07 Å². The number of rotatable bonds is 5. The molecule has 2 aliphatic heterocycles. The van der Waals surface area contributed by atoms with E-state index in [2.05, 4.69) is 25.5 Å². The van der Waals surface area contributed by atoms with E-state index in [1.54, 1.807) is 7.11 Å². The predicted molar refractivity (Wildman–Crippen MR) is 93.2 cm³/mol. The smallest absolute Gasteiger partial charge is 0.234 e. The lowest BCUT2D eigenvalue weighted by Gasteiger charge is -2.18. The SMILES string of the molecule is COc1cc(N2CCCC2)nc(NC(=S)NCC2CCCO2)n1. The van der Waals surface area contributed by atoms with Crippen molar-refractivity contribution in [1.29, 1.82) is 0 Å². The maximum Gasteiger partial charge on any atom is 0.234 e. The van der Waals surface area contributed by atoms with Crippen molar-refractivity contribution in [1.82, 2.24) is 15.3 Å². The first-order chi connectivity index (χ1) is 11.2. The second-order valence-electron chi connectivity index (χ2n) is 5.76. The van der Waals surface area contributed by atoms with E-state index < -0.39 is 0 Å². The Morgan fingerprint density at radius 1 is 1.39 bits per heavy atom. The molecule has 1 aromatic heterocycles. The fourth-order valence-corrected chi connectivity index (χ4v) is 3.01. The van der Waals surface area contributed by atoms with Gasteiger partial charge in [0.2, 0.25) is 11.8 Å². The zero-order valence-electron chi connectivity index (χ0n) is 13.4. The first-order valence-corrected chi connectivity index (χ1v) is 8.50. The third-order valence-corrected chi connectivity index (χ3v) is 4.31. The molecule has 2 N–H and O–H groups in total. The number of aromatic nitrogens is 2. The van der Waals surface area contributed by atoms with Crippen molar-refractivity contribution in [2.24, 2.45) is 0 Å². The summed E-state index contributed by atoms with van der Waals surface area (Å²) in [5.41, 5.74) is 0. The lowest BCUT2D eigenvalue weighted by molar-refractivity contribution is 0.114. The minimum Gasteiger partial charge on any atom is -0.481 e. The standard InChI is InChI=1S/C15H23N5O2S/c1-21-13-9-12(20-6-2-3-7-20)17-14(18-13)19-15(23)16-10-11-5-4-8-22-11/h9,11H,2-8,10H2,1H3,(H2,16,17,18,19,23). The van der Waals surface area contributed by atoms with E-state index in [1.165, 1.54) is 12.8 Å². The van der Waals surface area contributed by atoms with Crippen LogP contribution in [-0.2, 0) is 4.74 Å². The Kier molecular flexibility index (Phi) is 5.45. The molecule has 2 saturated heterocycles. The second-order valence-corrected chi connectivity index (χ2v) is 6.16. The summed E-state index contributed by atoms with van der Waals surface area (Å²) in [6.45, 7) is 3.57. The zero-order valence-corrected chi connectivity index (χ0v) is 14.2. The van der Waals surface area contributed by atoms with Crippen molar-refractivity contribution in [3.8, 4) is 5.88 Å². The Morgan fingerprint density at radius 2 is 2.22 bits per heavy atom. The van der Waals surface area contributed by atoms with Gasteiger partial charge >= 0.3 is 0 Å². The molecule has 1 unspecified atom stereocenters. The largest absolute Gasteiger partial charge is 0.481 e. The third kappa shape index (κ3) is 4.42. The molecule has 0 radical (unpaired) electrons. The summed E-state index contributed by atoms with van der Waals surface area (Å²) >= 11 is 5.32. The highest BCUT2D eigenvalue weighted by molar-refractivity contribution is 7.80. The molecule has 0 saturated carbocycles. The van der Waals surface area contributed by atoms with Gasteiger partial charge in [0.15, 0.2) is 5.11 Å². The van der Waals surface area contributed by atoms with Gasteiger partial charge in [0, 0.05) is 32.3 Å². The first kappa shape index (κ1) is 16.2. The second kappa shape index (κ2) is 7.74. The third-order valence-electron chi connectivity index (χ3n) is 4.07. The molecule has 3 heterocycles. The summed E-state index contributed by atoms with van der Waals surface area (Å²) in [6, 6.07) is 1.86. The topological polar surface area (TPSA) is 71.5 Å². The first-order valence-electron chi connectivity index (χ1n) is 8.09. The fourth-order valence-electron chi connectivity index (χ4n) is 2.84. The molecule has 0 amide bonds. The molecule has 1 aromatic rings. The van der Waals surface area contributed by atoms with Crippen molar-refractivity contribution in [3.05, 3.63) is 6.07 Å². The van der Waals surface area contributed by atoms with Gasteiger partial charge in [-0.15, -0.1) is 0 Å². The fraction of sp³-hybridized carbons (Fsp3) is 0.667. The highest BCUT2D eigenvalue weighted by Gasteiger charge is 2.18. The number of methoxy groups -OCH3 is 1. The Morgan fingerprint density at radius 3 is 2.91 bits per heavy atom. The van der Waals surface area contributed by atoms with E-state index in [-0.39, 0.29) is 6.10 Å². The monoisotopic (exact) mass is 337 g/mol. The molecule has 0 spiro atoms. The number of thiocarbonyl (C=S) groups is 1. The normalized spacial score (nSPS) is 20.6. The van der Waals surface area contributed by atoms with Crippen LogP contribution in [0.1, 0.15) is 25.7 Å². The van der Waals surface area contributed by atoms with Crippen molar-refractivity contribution >= 4 is 29.1 Å². The summed E-state index contributed by atoms with van der Waals surface area (Å²) in [5, 5.41) is 6.70. The molecule has 3 rings (SSSR count). The van der Waals surface area contributed by atoms with Gasteiger partial charge in [-0.25, -0.2) is 0 Å². The van der Waals surface area contributed by atoms with E-state index >= 15 is 0 Å². The average molecular weight is 337 g/mol. The van der Waals surface area contributed by atoms with Crippen LogP contribution in [0, 0.1) is 0 Å². The molecule has 2 aliphatic rings. The molecule has 126 valence electrons. The number of nitrogens with one attached hydrogen (secondary N) is 2. The van der Waals surface area contributed by atoms with Gasteiger partial charge in [-0.3, -0.25) is 0 Å². The van der Waals surface area contributed by atoms with Gasteiger partial charge in [-0.05, 0) is 37.9 Å². The van der Waals surface area contributed by atoms with Crippen LogP contribution in [0.5, 0.6) is 5.88 Å².